The standard InChI is InChI=1S/C14H14N2O/c1-10-6-7-12(11(2)9-10)14(16-17)13-5-3-4-8-15-13/h3-9,17H,1-2H3. The van der Waals surface area contributed by atoms with Crippen molar-refractivity contribution in [1.82, 2.24) is 4.98 Å². The van der Waals surface area contributed by atoms with E-state index in [1.54, 1.807) is 6.20 Å². The quantitative estimate of drug-likeness (QED) is 0.486. The van der Waals surface area contributed by atoms with E-state index in [0.29, 0.717) is 11.4 Å². The number of nitrogens with zero attached hydrogens (tertiary/aromatic N) is 2. The molecular formula is C14H14N2O. The van der Waals surface area contributed by atoms with Crippen molar-refractivity contribution in [2.24, 2.45) is 5.16 Å². The maximum absolute atomic E-state index is 9.17. The summed E-state index contributed by atoms with van der Waals surface area (Å²) in [6, 6.07) is 11.5. The Kier molecular flexibility index (Phi) is 3.19. The van der Waals surface area contributed by atoms with Gasteiger partial charge >= 0.3 is 0 Å². The van der Waals surface area contributed by atoms with Gasteiger partial charge < -0.3 is 5.21 Å². The summed E-state index contributed by atoms with van der Waals surface area (Å²) in [5.74, 6) is 0. The van der Waals surface area contributed by atoms with Crippen LogP contribution in [0.5, 0.6) is 0 Å². The van der Waals surface area contributed by atoms with Crippen LogP contribution < -0.4 is 0 Å². The van der Waals surface area contributed by atoms with Crippen LogP contribution in [0.15, 0.2) is 47.8 Å². The highest BCUT2D eigenvalue weighted by atomic mass is 16.4. The Balaban J connectivity index is 2.51. The fourth-order valence-corrected chi connectivity index (χ4v) is 1.83. The second kappa shape index (κ2) is 4.78. The van der Waals surface area contributed by atoms with Crippen molar-refractivity contribution in [2.75, 3.05) is 0 Å². The molecule has 1 aromatic carbocycles. The Hall–Kier alpha value is -2.16. The van der Waals surface area contributed by atoms with E-state index in [2.05, 4.69) is 16.2 Å². The van der Waals surface area contributed by atoms with E-state index in [0.717, 1.165) is 11.1 Å². The van der Waals surface area contributed by atoms with Gasteiger partial charge in [-0.25, -0.2) is 0 Å². The van der Waals surface area contributed by atoms with Crippen LogP contribution in [0.4, 0.5) is 0 Å². The molecule has 0 unspecified atom stereocenters. The summed E-state index contributed by atoms with van der Waals surface area (Å²) >= 11 is 0. The average Bonchev–Trinajstić information content (AvgIpc) is 2.34. The zero-order chi connectivity index (χ0) is 12.3. The summed E-state index contributed by atoms with van der Waals surface area (Å²) in [5.41, 5.74) is 4.33. The Morgan fingerprint density at radius 2 is 2.00 bits per heavy atom. The molecule has 0 saturated carbocycles. The molecule has 0 bridgehead atoms. The van der Waals surface area contributed by atoms with Crippen molar-refractivity contribution in [2.45, 2.75) is 13.8 Å². The molecule has 0 fully saturated rings. The summed E-state index contributed by atoms with van der Waals surface area (Å²) in [6.45, 7) is 4.03. The van der Waals surface area contributed by atoms with Crippen molar-refractivity contribution in [3.63, 3.8) is 0 Å². The lowest BCUT2D eigenvalue weighted by Gasteiger charge is -2.08. The van der Waals surface area contributed by atoms with Crippen molar-refractivity contribution < 1.29 is 5.21 Å². The molecule has 2 rings (SSSR count). The highest BCUT2D eigenvalue weighted by Crippen LogP contribution is 2.15. The second-order valence-electron chi connectivity index (χ2n) is 3.98. The summed E-state index contributed by atoms with van der Waals surface area (Å²) in [6.07, 6.45) is 1.68. The monoisotopic (exact) mass is 226 g/mol. The molecule has 0 spiro atoms. The van der Waals surface area contributed by atoms with E-state index in [1.165, 1.54) is 5.56 Å². The van der Waals surface area contributed by atoms with Crippen LogP contribution in [-0.2, 0) is 0 Å². The molecule has 0 atom stereocenters. The van der Waals surface area contributed by atoms with Gasteiger partial charge in [-0.15, -0.1) is 0 Å². The van der Waals surface area contributed by atoms with Gasteiger partial charge in [0.15, 0.2) is 0 Å². The molecule has 3 heteroatoms. The first-order chi connectivity index (χ1) is 8.22. The fraction of sp³-hybridized carbons (Fsp3) is 0.143. The van der Waals surface area contributed by atoms with Crippen molar-refractivity contribution in [3.05, 3.63) is 65.0 Å². The molecule has 1 heterocycles. The predicted octanol–water partition coefficient (Wildman–Crippen LogP) is 2.93. The topological polar surface area (TPSA) is 45.5 Å². The van der Waals surface area contributed by atoms with Crippen LogP contribution in [0.1, 0.15) is 22.4 Å². The minimum Gasteiger partial charge on any atom is -0.410 e. The van der Waals surface area contributed by atoms with E-state index < -0.39 is 0 Å². The molecule has 86 valence electrons. The Bertz CT molecular complexity index is 547. The van der Waals surface area contributed by atoms with E-state index >= 15 is 0 Å². The summed E-state index contributed by atoms with van der Waals surface area (Å²) in [4.78, 5) is 4.20. The van der Waals surface area contributed by atoms with E-state index in [1.807, 2.05) is 44.2 Å². The molecule has 0 radical (unpaired) electrons. The lowest BCUT2D eigenvalue weighted by atomic mass is 9.99. The van der Waals surface area contributed by atoms with Crippen molar-refractivity contribution >= 4 is 5.71 Å². The maximum atomic E-state index is 9.17. The average molecular weight is 226 g/mol. The first-order valence-electron chi connectivity index (χ1n) is 5.43. The van der Waals surface area contributed by atoms with Gasteiger partial charge in [-0.3, -0.25) is 4.98 Å². The summed E-state index contributed by atoms with van der Waals surface area (Å²) in [7, 11) is 0. The second-order valence-corrected chi connectivity index (χ2v) is 3.98. The molecule has 0 saturated heterocycles. The third-order valence-corrected chi connectivity index (χ3v) is 2.64. The lowest BCUT2D eigenvalue weighted by Crippen LogP contribution is -2.07. The first-order valence-corrected chi connectivity index (χ1v) is 5.43. The Morgan fingerprint density at radius 1 is 1.18 bits per heavy atom. The van der Waals surface area contributed by atoms with Gasteiger partial charge in [-0.1, -0.05) is 35.0 Å². The maximum Gasteiger partial charge on any atom is 0.135 e. The fourth-order valence-electron chi connectivity index (χ4n) is 1.83. The molecule has 1 aromatic heterocycles. The van der Waals surface area contributed by atoms with Crippen LogP contribution in [-0.4, -0.2) is 15.9 Å². The van der Waals surface area contributed by atoms with E-state index in [4.69, 9.17) is 0 Å². The molecule has 3 nitrogen and oxygen atoms in total. The van der Waals surface area contributed by atoms with Crippen LogP contribution in [0.2, 0.25) is 0 Å². The minimum atomic E-state index is 0.503. The number of aryl methyl sites for hydroxylation is 2. The number of pyridine rings is 1. The molecule has 0 aliphatic rings. The van der Waals surface area contributed by atoms with Gasteiger partial charge in [0.1, 0.15) is 5.71 Å². The number of oxime groups is 1. The van der Waals surface area contributed by atoms with Crippen LogP contribution in [0.25, 0.3) is 0 Å². The number of benzene rings is 1. The van der Waals surface area contributed by atoms with Crippen molar-refractivity contribution in [3.8, 4) is 0 Å². The smallest absolute Gasteiger partial charge is 0.135 e. The van der Waals surface area contributed by atoms with Gasteiger partial charge in [-0.2, -0.15) is 0 Å². The van der Waals surface area contributed by atoms with Gasteiger partial charge in [0.05, 0.1) is 5.69 Å². The normalized spacial score (nSPS) is 11.5. The Morgan fingerprint density at radius 3 is 2.59 bits per heavy atom. The lowest BCUT2D eigenvalue weighted by molar-refractivity contribution is 0.319. The third-order valence-electron chi connectivity index (χ3n) is 2.64. The third kappa shape index (κ3) is 2.33. The highest BCUT2D eigenvalue weighted by molar-refractivity contribution is 6.12. The first kappa shape index (κ1) is 11.3. The van der Waals surface area contributed by atoms with Gasteiger partial charge in [0, 0.05) is 11.8 Å². The van der Waals surface area contributed by atoms with Gasteiger partial charge in [0.25, 0.3) is 0 Å². The molecule has 1 N–H and O–H groups in total. The zero-order valence-corrected chi connectivity index (χ0v) is 9.88. The highest BCUT2D eigenvalue weighted by Gasteiger charge is 2.11. The number of hydrogen-bond acceptors (Lipinski definition) is 3. The van der Waals surface area contributed by atoms with Crippen LogP contribution in [0, 0.1) is 13.8 Å². The SMILES string of the molecule is Cc1ccc(C(=NO)c2ccccn2)c(C)c1. The molecule has 0 aliphatic heterocycles. The molecule has 17 heavy (non-hydrogen) atoms. The van der Waals surface area contributed by atoms with E-state index in [9.17, 15) is 5.21 Å². The predicted molar refractivity (Wildman–Crippen MR) is 67.6 cm³/mol. The minimum absolute atomic E-state index is 0.503. The molecule has 2 aromatic rings. The zero-order valence-electron chi connectivity index (χ0n) is 9.88. The largest absolute Gasteiger partial charge is 0.410 e. The van der Waals surface area contributed by atoms with Gasteiger partial charge in [0.2, 0.25) is 0 Å². The molecular weight excluding hydrogens is 212 g/mol. The molecule has 0 aliphatic carbocycles. The van der Waals surface area contributed by atoms with Crippen molar-refractivity contribution in [1.29, 1.82) is 0 Å². The Labute approximate surface area is 100 Å². The van der Waals surface area contributed by atoms with E-state index in [-0.39, 0.29) is 0 Å². The summed E-state index contributed by atoms with van der Waals surface area (Å²) in [5, 5.41) is 12.5. The van der Waals surface area contributed by atoms with Crippen LogP contribution in [0.3, 0.4) is 0 Å². The number of rotatable bonds is 2. The summed E-state index contributed by atoms with van der Waals surface area (Å²) < 4.78 is 0. The number of hydrogen-bond donors (Lipinski definition) is 1. The van der Waals surface area contributed by atoms with Gasteiger partial charge in [-0.05, 0) is 31.5 Å². The number of aromatic nitrogens is 1. The van der Waals surface area contributed by atoms with Crippen LogP contribution >= 0.6 is 0 Å². The molecule has 0 amide bonds.